The molecule has 1 unspecified atom stereocenters. The van der Waals surface area contributed by atoms with Crippen LogP contribution in [0.15, 0.2) is 53.5 Å². The number of para-hydroxylation sites is 2. The molecule has 0 aromatic heterocycles. The number of aryl methyl sites for hydroxylation is 1. The first-order chi connectivity index (χ1) is 15.7. The highest BCUT2D eigenvalue weighted by atomic mass is 16.5. The first-order valence-corrected chi connectivity index (χ1v) is 11.4. The van der Waals surface area contributed by atoms with Crippen LogP contribution in [-0.4, -0.2) is 62.7 Å². The van der Waals surface area contributed by atoms with Crippen LogP contribution in [0.3, 0.4) is 0 Å². The predicted molar refractivity (Wildman–Crippen MR) is 126 cm³/mol. The molecule has 0 aliphatic carbocycles. The van der Waals surface area contributed by atoms with Gasteiger partial charge in [0.25, 0.3) is 5.91 Å². The van der Waals surface area contributed by atoms with Crippen LogP contribution in [0.4, 0.5) is 5.69 Å². The van der Waals surface area contributed by atoms with Gasteiger partial charge in [-0.2, -0.15) is 0 Å². The summed E-state index contributed by atoms with van der Waals surface area (Å²) in [6, 6.07) is 16.1. The van der Waals surface area contributed by atoms with Gasteiger partial charge in [0.05, 0.1) is 18.8 Å². The van der Waals surface area contributed by atoms with Crippen LogP contribution in [0.1, 0.15) is 30.6 Å². The van der Waals surface area contributed by atoms with E-state index in [1.807, 2.05) is 29.2 Å². The number of carbonyl (C=O) groups is 1. The number of rotatable bonds is 6. The minimum Gasteiger partial charge on any atom is -0.482 e. The third-order valence-electron chi connectivity index (χ3n) is 5.85. The summed E-state index contributed by atoms with van der Waals surface area (Å²) in [5, 5.41) is 3.42. The monoisotopic (exact) mass is 436 g/mol. The zero-order valence-electron chi connectivity index (χ0n) is 18.9. The van der Waals surface area contributed by atoms with Gasteiger partial charge in [0.2, 0.25) is 0 Å². The first kappa shape index (κ1) is 22.1. The number of hydrogen-bond donors (Lipinski definition) is 1. The maximum atomic E-state index is 12.4. The smallest absolute Gasteiger partial charge is 0.265 e. The highest BCUT2D eigenvalue weighted by molar-refractivity contribution is 5.97. The summed E-state index contributed by atoms with van der Waals surface area (Å²) in [4.78, 5) is 21.3. The average molecular weight is 437 g/mol. The Kier molecular flexibility index (Phi) is 7.27. The van der Waals surface area contributed by atoms with Gasteiger partial charge in [0.1, 0.15) is 11.9 Å². The van der Waals surface area contributed by atoms with E-state index in [2.05, 4.69) is 48.3 Å². The lowest BCUT2D eigenvalue weighted by Crippen LogP contribution is -2.48. The number of guanidine groups is 1. The Morgan fingerprint density at radius 1 is 1.19 bits per heavy atom. The highest BCUT2D eigenvalue weighted by Crippen LogP contribution is 2.31. The van der Waals surface area contributed by atoms with Crippen LogP contribution in [0.5, 0.6) is 5.75 Å². The van der Waals surface area contributed by atoms with E-state index < -0.39 is 0 Å². The van der Waals surface area contributed by atoms with E-state index in [9.17, 15) is 4.79 Å². The van der Waals surface area contributed by atoms with Crippen LogP contribution < -0.4 is 15.0 Å². The van der Waals surface area contributed by atoms with Gasteiger partial charge in [-0.15, -0.1) is 0 Å². The molecule has 0 radical (unpaired) electrons. The number of amides is 1. The lowest BCUT2D eigenvalue weighted by molar-refractivity contribution is -0.121. The molecule has 1 saturated heterocycles. The van der Waals surface area contributed by atoms with Gasteiger partial charge in [-0.25, -0.2) is 0 Å². The Morgan fingerprint density at radius 2 is 2.00 bits per heavy atom. The largest absolute Gasteiger partial charge is 0.482 e. The lowest BCUT2D eigenvalue weighted by atomic mass is 10.0. The molecule has 2 heterocycles. The molecule has 7 nitrogen and oxygen atoms in total. The average Bonchev–Trinajstić information content (AvgIpc) is 2.82. The molecule has 2 aliphatic heterocycles. The fourth-order valence-corrected chi connectivity index (χ4v) is 4.22. The van der Waals surface area contributed by atoms with Crippen molar-refractivity contribution < 1.29 is 14.3 Å². The van der Waals surface area contributed by atoms with Gasteiger partial charge in [0.15, 0.2) is 12.6 Å². The van der Waals surface area contributed by atoms with E-state index in [-0.39, 0.29) is 18.6 Å². The van der Waals surface area contributed by atoms with Gasteiger partial charge in [0, 0.05) is 26.2 Å². The van der Waals surface area contributed by atoms with Crippen LogP contribution in [-0.2, 0) is 9.53 Å². The van der Waals surface area contributed by atoms with Crippen molar-refractivity contribution in [2.75, 3.05) is 50.8 Å². The van der Waals surface area contributed by atoms with Crippen molar-refractivity contribution in [2.24, 2.45) is 4.99 Å². The van der Waals surface area contributed by atoms with Crippen molar-refractivity contribution in [1.29, 1.82) is 0 Å². The van der Waals surface area contributed by atoms with E-state index in [1.165, 1.54) is 11.1 Å². The molecule has 2 aliphatic rings. The van der Waals surface area contributed by atoms with Crippen molar-refractivity contribution in [1.82, 2.24) is 10.2 Å². The SMILES string of the molecule is CCNC(=NCCCN1C(=O)COc2ccccc21)N1CCOC(c2ccccc2C)C1. The molecule has 1 atom stereocenters. The molecule has 0 spiro atoms. The molecule has 2 aromatic carbocycles. The molecule has 0 saturated carbocycles. The summed E-state index contributed by atoms with van der Waals surface area (Å²) in [5.74, 6) is 1.66. The highest BCUT2D eigenvalue weighted by Gasteiger charge is 2.26. The summed E-state index contributed by atoms with van der Waals surface area (Å²) in [7, 11) is 0. The van der Waals surface area contributed by atoms with Gasteiger partial charge in [-0.05, 0) is 43.5 Å². The van der Waals surface area contributed by atoms with E-state index >= 15 is 0 Å². The second kappa shape index (κ2) is 10.5. The topological polar surface area (TPSA) is 66.4 Å². The summed E-state index contributed by atoms with van der Waals surface area (Å²) < 4.78 is 11.6. The molecule has 32 heavy (non-hydrogen) atoms. The molecule has 1 amide bonds. The number of carbonyl (C=O) groups excluding carboxylic acids is 1. The third-order valence-corrected chi connectivity index (χ3v) is 5.85. The minimum atomic E-state index is -0.00571. The molecule has 4 rings (SSSR count). The standard InChI is InChI=1S/C25H32N4O3/c1-3-26-25(28-15-16-31-23(17-28)20-10-5-4-9-19(20)2)27-13-8-14-29-21-11-6-7-12-22(21)32-18-24(29)30/h4-7,9-12,23H,3,8,13-18H2,1-2H3,(H,26,27). The Labute approximate surface area is 190 Å². The van der Waals surface area contributed by atoms with Crippen molar-refractivity contribution >= 4 is 17.6 Å². The van der Waals surface area contributed by atoms with E-state index in [0.717, 1.165) is 43.5 Å². The van der Waals surface area contributed by atoms with Gasteiger partial charge in [-0.3, -0.25) is 9.79 Å². The van der Waals surface area contributed by atoms with Gasteiger partial charge < -0.3 is 24.6 Å². The number of morpholine rings is 1. The third kappa shape index (κ3) is 5.05. The Bertz CT molecular complexity index is 962. The second-order valence-electron chi connectivity index (χ2n) is 8.05. The number of fused-ring (bicyclic) bond motifs is 1. The fraction of sp³-hybridized carbons (Fsp3) is 0.440. The molecule has 0 bridgehead atoms. The summed E-state index contributed by atoms with van der Waals surface area (Å²) in [5.41, 5.74) is 3.32. The summed E-state index contributed by atoms with van der Waals surface area (Å²) in [6.45, 7) is 8.62. The molecule has 1 fully saturated rings. The van der Waals surface area contributed by atoms with Crippen molar-refractivity contribution in [3.8, 4) is 5.75 Å². The van der Waals surface area contributed by atoms with Crippen LogP contribution in [0, 0.1) is 6.92 Å². The Balaban J connectivity index is 1.38. The lowest BCUT2D eigenvalue weighted by Gasteiger charge is -2.36. The van der Waals surface area contributed by atoms with Crippen LogP contribution >= 0.6 is 0 Å². The summed E-state index contributed by atoms with van der Waals surface area (Å²) in [6.07, 6.45) is 0.817. The van der Waals surface area contributed by atoms with E-state index in [1.54, 1.807) is 0 Å². The number of nitrogens with one attached hydrogen (secondary N) is 1. The van der Waals surface area contributed by atoms with Crippen molar-refractivity contribution in [3.63, 3.8) is 0 Å². The minimum absolute atomic E-state index is 0.00571. The first-order valence-electron chi connectivity index (χ1n) is 11.4. The molecular weight excluding hydrogens is 404 g/mol. The molecular formula is C25H32N4O3. The van der Waals surface area contributed by atoms with Crippen molar-refractivity contribution in [2.45, 2.75) is 26.4 Å². The zero-order valence-corrected chi connectivity index (χ0v) is 18.9. The fourth-order valence-electron chi connectivity index (χ4n) is 4.22. The molecule has 1 N–H and O–H groups in total. The normalized spacial score (nSPS) is 18.9. The van der Waals surface area contributed by atoms with Crippen LogP contribution in [0.2, 0.25) is 0 Å². The maximum Gasteiger partial charge on any atom is 0.265 e. The number of benzene rings is 2. The Morgan fingerprint density at radius 3 is 2.84 bits per heavy atom. The predicted octanol–water partition coefficient (Wildman–Crippen LogP) is 3.15. The van der Waals surface area contributed by atoms with Gasteiger partial charge in [-0.1, -0.05) is 36.4 Å². The number of aliphatic imine (C=N–C) groups is 1. The van der Waals surface area contributed by atoms with E-state index in [4.69, 9.17) is 14.5 Å². The van der Waals surface area contributed by atoms with Crippen LogP contribution in [0.25, 0.3) is 0 Å². The van der Waals surface area contributed by atoms with Gasteiger partial charge >= 0.3 is 0 Å². The number of anilines is 1. The van der Waals surface area contributed by atoms with E-state index in [0.29, 0.717) is 19.7 Å². The number of ether oxygens (including phenoxy) is 2. The quantitative estimate of drug-likeness (QED) is 0.428. The molecule has 170 valence electrons. The zero-order chi connectivity index (χ0) is 22.3. The number of nitrogens with zero attached hydrogens (tertiary/aromatic N) is 3. The summed E-state index contributed by atoms with van der Waals surface area (Å²) >= 11 is 0. The second-order valence-corrected chi connectivity index (χ2v) is 8.05. The maximum absolute atomic E-state index is 12.4. The Hall–Kier alpha value is -3.06. The van der Waals surface area contributed by atoms with Crippen molar-refractivity contribution in [3.05, 3.63) is 59.7 Å². The molecule has 2 aromatic rings. The number of hydrogen-bond acceptors (Lipinski definition) is 4. The molecule has 7 heteroatoms.